The molecule has 0 N–H and O–H groups in total. The fraction of sp³-hybridized carbons (Fsp3) is 0.800. The molecule has 1 spiro atoms. The van der Waals surface area contributed by atoms with E-state index < -0.39 is 0 Å². The van der Waals surface area contributed by atoms with Crippen molar-refractivity contribution in [1.82, 2.24) is 0 Å². The van der Waals surface area contributed by atoms with Crippen molar-refractivity contribution in [3.63, 3.8) is 0 Å². The molecule has 2 aliphatic rings. The quantitative estimate of drug-likeness (QED) is 0.424. The van der Waals surface area contributed by atoms with E-state index in [1.54, 1.807) is 0 Å². The third-order valence-electron chi connectivity index (χ3n) is 1.60. The lowest BCUT2D eigenvalue weighted by atomic mass is 10.1. The average Bonchev–Trinajstić information content (AvgIpc) is 2.02. The predicted octanol–water partition coefficient (Wildman–Crippen LogP) is 0.959. The highest BCUT2D eigenvalue weighted by Gasteiger charge is 2.49. The van der Waals surface area contributed by atoms with E-state index in [4.69, 9.17) is 4.74 Å². The highest BCUT2D eigenvalue weighted by Crippen LogP contribution is 2.54. The second kappa shape index (κ2) is 0.648. The number of hydrogen-bond donors (Lipinski definition) is 0. The Hall–Kier alpha value is -0.0400. The molecule has 1 nitrogen and oxygen atoms in total. The molecule has 0 amide bonds. The van der Waals surface area contributed by atoms with Crippen LogP contribution in [0.4, 0.5) is 0 Å². The van der Waals surface area contributed by atoms with Crippen LogP contribution in [-0.4, -0.2) is 6.61 Å². The van der Waals surface area contributed by atoms with E-state index in [-0.39, 0.29) is 0 Å². The summed E-state index contributed by atoms with van der Waals surface area (Å²) in [4.78, 5) is 0. The van der Waals surface area contributed by atoms with Crippen LogP contribution in [0.2, 0.25) is 0 Å². The first kappa shape index (κ1) is 3.03. The highest BCUT2D eigenvalue weighted by atomic mass is 16.5. The molecule has 2 fully saturated rings. The number of rotatable bonds is 0. The monoisotopic (exact) mass is 83.0 g/mol. The van der Waals surface area contributed by atoms with E-state index in [1.807, 2.05) is 6.61 Å². The normalized spacial score (nSPS) is 36.0. The molecule has 33 valence electrons. The van der Waals surface area contributed by atoms with Gasteiger partial charge in [-0.05, 0) is 12.8 Å². The van der Waals surface area contributed by atoms with Gasteiger partial charge in [-0.1, -0.05) is 0 Å². The molecule has 1 aliphatic carbocycles. The number of ether oxygens (including phenoxy) is 1. The van der Waals surface area contributed by atoms with E-state index in [9.17, 15) is 0 Å². The second-order valence-electron chi connectivity index (χ2n) is 2.29. The summed E-state index contributed by atoms with van der Waals surface area (Å²) < 4.78 is 4.88. The molecule has 0 aromatic carbocycles. The van der Waals surface area contributed by atoms with Crippen LogP contribution in [0, 0.1) is 12.0 Å². The van der Waals surface area contributed by atoms with Crippen LogP contribution in [0.5, 0.6) is 0 Å². The van der Waals surface area contributed by atoms with Crippen LogP contribution in [0.3, 0.4) is 0 Å². The summed E-state index contributed by atoms with van der Waals surface area (Å²) in [5.74, 6) is 0. The lowest BCUT2D eigenvalue weighted by Gasteiger charge is -2.23. The molecule has 2 rings (SSSR count). The van der Waals surface area contributed by atoms with E-state index in [0.29, 0.717) is 5.41 Å². The SMILES string of the molecule is [CH]1OCC12CC2. The maximum atomic E-state index is 4.88. The van der Waals surface area contributed by atoms with Gasteiger partial charge >= 0.3 is 0 Å². The summed E-state index contributed by atoms with van der Waals surface area (Å²) in [6.45, 7) is 2.99. The minimum Gasteiger partial charge on any atom is -0.374 e. The van der Waals surface area contributed by atoms with Gasteiger partial charge in [0.15, 0.2) is 0 Å². The zero-order valence-corrected chi connectivity index (χ0v) is 3.61. The Balaban J connectivity index is 2.09. The summed E-state index contributed by atoms with van der Waals surface area (Å²) >= 11 is 0. The van der Waals surface area contributed by atoms with Gasteiger partial charge in [-0.2, -0.15) is 0 Å². The van der Waals surface area contributed by atoms with Crippen molar-refractivity contribution in [2.45, 2.75) is 12.8 Å². The van der Waals surface area contributed by atoms with Gasteiger partial charge in [0.05, 0.1) is 13.2 Å². The van der Waals surface area contributed by atoms with E-state index >= 15 is 0 Å². The van der Waals surface area contributed by atoms with E-state index in [2.05, 4.69) is 0 Å². The Bertz CT molecular complexity index is 68.0. The molecule has 0 atom stereocenters. The molecule has 1 heteroatoms. The van der Waals surface area contributed by atoms with Crippen LogP contribution in [0.25, 0.3) is 0 Å². The first-order valence-electron chi connectivity index (χ1n) is 2.37. The van der Waals surface area contributed by atoms with Crippen molar-refractivity contribution in [1.29, 1.82) is 0 Å². The molecule has 0 aromatic heterocycles. The first-order chi connectivity index (χ1) is 2.91. The van der Waals surface area contributed by atoms with Gasteiger partial charge in [0, 0.05) is 5.41 Å². The molecule has 0 unspecified atom stereocenters. The second-order valence-corrected chi connectivity index (χ2v) is 2.29. The van der Waals surface area contributed by atoms with Crippen molar-refractivity contribution in [3.05, 3.63) is 6.61 Å². The molecular weight excluding hydrogens is 76.1 g/mol. The molecule has 1 saturated carbocycles. The molecular formula is C5H7O. The minimum absolute atomic E-state index is 0.625. The van der Waals surface area contributed by atoms with Gasteiger partial charge in [0.1, 0.15) is 0 Å². The lowest BCUT2D eigenvalue weighted by Crippen LogP contribution is -2.22. The molecule has 1 aliphatic heterocycles. The van der Waals surface area contributed by atoms with Gasteiger partial charge < -0.3 is 4.74 Å². The Morgan fingerprint density at radius 1 is 1.50 bits per heavy atom. The van der Waals surface area contributed by atoms with Crippen molar-refractivity contribution < 1.29 is 4.74 Å². The van der Waals surface area contributed by atoms with Gasteiger partial charge in [-0.25, -0.2) is 0 Å². The molecule has 0 aromatic rings. The summed E-state index contributed by atoms with van der Waals surface area (Å²) in [6, 6.07) is 0. The topological polar surface area (TPSA) is 9.23 Å². The highest BCUT2D eigenvalue weighted by molar-refractivity contribution is 5.05. The zero-order chi connectivity index (χ0) is 4.04. The Kier molecular flexibility index (Phi) is 0.327. The van der Waals surface area contributed by atoms with Crippen LogP contribution < -0.4 is 0 Å². The standard InChI is InChI=1S/C5H7O/c1-2-5(1)3-6-4-5/h3H,1-2,4H2. The molecule has 1 saturated heterocycles. The Labute approximate surface area is 37.3 Å². The van der Waals surface area contributed by atoms with Gasteiger partial charge in [0.25, 0.3) is 0 Å². The largest absolute Gasteiger partial charge is 0.374 e. The van der Waals surface area contributed by atoms with Crippen LogP contribution in [0.1, 0.15) is 12.8 Å². The molecule has 1 heterocycles. The van der Waals surface area contributed by atoms with Crippen molar-refractivity contribution in [3.8, 4) is 0 Å². The molecule has 6 heavy (non-hydrogen) atoms. The Morgan fingerprint density at radius 2 is 2.17 bits per heavy atom. The van der Waals surface area contributed by atoms with Crippen molar-refractivity contribution in [2.24, 2.45) is 5.41 Å². The zero-order valence-electron chi connectivity index (χ0n) is 3.61. The van der Waals surface area contributed by atoms with Crippen molar-refractivity contribution in [2.75, 3.05) is 6.61 Å². The van der Waals surface area contributed by atoms with Crippen LogP contribution >= 0.6 is 0 Å². The molecule has 0 bridgehead atoms. The molecule has 1 radical (unpaired) electrons. The number of hydrogen-bond acceptors (Lipinski definition) is 1. The third kappa shape index (κ3) is 0.207. The summed E-state index contributed by atoms with van der Waals surface area (Å²) in [7, 11) is 0. The maximum Gasteiger partial charge on any atom is 0.0921 e. The van der Waals surface area contributed by atoms with Gasteiger partial charge in [-0.3, -0.25) is 0 Å². The van der Waals surface area contributed by atoms with Gasteiger partial charge in [-0.15, -0.1) is 0 Å². The Morgan fingerprint density at radius 3 is 2.17 bits per heavy atom. The first-order valence-corrected chi connectivity index (χ1v) is 2.37. The van der Waals surface area contributed by atoms with Gasteiger partial charge in [0.2, 0.25) is 0 Å². The summed E-state index contributed by atoms with van der Waals surface area (Å²) in [5, 5.41) is 0. The maximum absolute atomic E-state index is 4.88. The fourth-order valence-electron chi connectivity index (χ4n) is 0.742. The summed E-state index contributed by atoms with van der Waals surface area (Å²) in [5.41, 5.74) is 0.625. The van der Waals surface area contributed by atoms with Crippen molar-refractivity contribution >= 4 is 0 Å². The van der Waals surface area contributed by atoms with Crippen LogP contribution in [0.15, 0.2) is 0 Å². The smallest absolute Gasteiger partial charge is 0.0921 e. The fourth-order valence-corrected chi connectivity index (χ4v) is 0.742. The average molecular weight is 83.1 g/mol. The van der Waals surface area contributed by atoms with Crippen LogP contribution in [-0.2, 0) is 4.74 Å². The van der Waals surface area contributed by atoms with E-state index in [0.717, 1.165) is 6.61 Å². The van der Waals surface area contributed by atoms with E-state index in [1.165, 1.54) is 12.8 Å². The summed E-state index contributed by atoms with van der Waals surface area (Å²) in [6.07, 6.45) is 2.76. The lowest BCUT2D eigenvalue weighted by molar-refractivity contribution is 0.0187. The third-order valence-corrected chi connectivity index (χ3v) is 1.60. The minimum atomic E-state index is 0.625. The predicted molar refractivity (Wildman–Crippen MR) is 21.9 cm³/mol.